The van der Waals surface area contributed by atoms with Crippen LogP contribution in [0.1, 0.15) is 40.5 Å². The van der Waals surface area contributed by atoms with Gasteiger partial charge in [-0.25, -0.2) is 0 Å². The summed E-state index contributed by atoms with van der Waals surface area (Å²) in [4.78, 5) is 0. The van der Waals surface area contributed by atoms with Crippen molar-refractivity contribution < 1.29 is 0 Å². The number of benzene rings is 1. The first-order valence-corrected chi connectivity index (χ1v) is 6.26. The maximum atomic E-state index is 6.38. The fraction of sp³-hybridized carbons (Fsp3) is 0.500. The molecule has 1 aliphatic carbocycles. The molecule has 1 unspecified atom stereocenters. The third-order valence-corrected chi connectivity index (χ3v) is 4.36. The van der Waals surface area contributed by atoms with E-state index in [2.05, 4.69) is 35.8 Å². The van der Waals surface area contributed by atoms with E-state index in [-0.39, 0.29) is 5.38 Å². The Morgan fingerprint density at radius 1 is 1.43 bits per heavy atom. The standard InChI is InChI=1S/C12H14BrCl/c1-7-6-10(13)8(2)12-9(7)4-3-5-11(12)14/h6,11H,3-5H2,1-2H3. The Bertz CT molecular complexity index is 371. The predicted molar refractivity (Wildman–Crippen MR) is 65.1 cm³/mol. The molecule has 2 heteroatoms. The number of halogens is 2. The summed E-state index contributed by atoms with van der Waals surface area (Å²) >= 11 is 9.97. The van der Waals surface area contributed by atoms with Gasteiger partial charge in [-0.1, -0.05) is 15.9 Å². The minimum Gasteiger partial charge on any atom is -0.118 e. The molecule has 0 nitrogen and oxygen atoms in total. The van der Waals surface area contributed by atoms with Gasteiger partial charge in [0.25, 0.3) is 0 Å². The second kappa shape index (κ2) is 3.86. The molecule has 1 atom stereocenters. The Morgan fingerprint density at radius 3 is 2.86 bits per heavy atom. The average Bonchev–Trinajstić information content (AvgIpc) is 2.14. The van der Waals surface area contributed by atoms with E-state index >= 15 is 0 Å². The van der Waals surface area contributed by atoms with Crippen molar-refractivity contribution in [3.63, 3.8) is 0 Å². The summed E-state index contributed by atoms with van der Waals surface area (Å²) in [6.45, 7) is 4.33. The summed E-state index contributed by atoms with van der Waals surface area (Å²) in [5, 5.41) is 0.218. The Morgan fingerprint density at radius 2 is 2.14 bits per heavy atom. The molecule has 1 aromatic carbocycles. The number of hydrogen-bond donors (Lipinski definition) is 0. The summed E-state index contributed by atoms with van der Waals surface area (Å²) in [6, 6.07) is 2.21. The Hall–Kier alpha value is -0.0100. The van der Waals surface area contributed by atoms with Gasteiger partial charge < -0.3 is 0 Å². The second-order valence-corrected chi connectivity index (χ2v) is 5.43. The third-order valence-electron chi connectivity index (χ3n) is 3.10. The first-order valence-electron chi connectivity index (χ1n) is 5.04. The number of aryl methyl sites for hydroxylation is 1. The van der Waals surface area contributed by atoms with Gasteiger partial charge in [-0.3, -0.25) is 0 Å². The van der Waals surface area contributed by atoms with Crippen LogP contribution < -0.4 is 0 Å². The maximum Gasteiger partial charge on any atom is 0.0591 e. The highest BCUT2D eigenvalue weighted by Crippen LogP contribution is 2.40. The molecule has 2 rings (SSSR count). The molecule has 0 heterocycles. The van der Waals surface area contributed by atoms with Crippen LogP contribution in [0, 0.1) is 13.8 Å². The molecule has 1 aromatic rings. The topological polar surface area (TPSA) is 0 Å². The largest absolute Gasteiger partial charge is 0.118 e. The van der Waals surface area contributed by atoms with Crippen LogP contribution in [0.25, 0.3) is 0 Å². The molecular formula is C12H14BrCl. The highest BCUT2D eigenvalue weighted by Gasteiger charge is 2.22. The van der Waals surface area contributed by atoms with E-state index in [0.717, 1.165) is 6.42 Å². The monoisotopic (exact) mass is 272 g/mol. The molecule has 0 N–H and O–H groups in total. The smallest absolute Gasteiger partial charge is 0.0591 e. The molecule has 0 fully saturated rings. The van der Waals surface area contributed by atoms with E-state index < -0.39 is 0 Å². The van der Waals surface area contributed by atoms with Gasteiger partial charge in [-0.15, -0.1) is 11.6 Å². The van der Waals surface area contributed by atoms with Gasteiger partial charge in [0, 0.05) is 4.47 Å². The lowest BCUT2D eigenvalue weighted by molar-refractivity contribution is 0.660. The van der Waals surface area contributed by atoms with E-state index in [1.807, 2.05) is 0 Å². The van der Waals surface area contributed by atoms with Gasteiger partial charge in [0.15, 0.2) is 0 Å². The fourth-order valence-electron chi connectivity index (χ4n) is 2.31. The fourth-order valence-corrected chi connectivity index (χ4v) is 3.32. The van der Waals surface area contributed by atoms with Crippen LogP contribution in [0.3, 0.4) is 0 Å². The quantitative estimate of drug-likeness (QED) is 0.602. The molecule has 0 saturated carbocycles. The second-order valence-electron chi connectivity index (χ2n) is 4.05. The zero-order valence-corrected chi connectivity index (χ0v) is 10.9. The van der Waals surface area contributed by atoms with Crippen LogP contribution in [0.2, 0.25) is 0 Å². The van der Waals surface area contributed by atoms with Crippen LogP contribution in [-0.4, -0.2) is 0 Å². The normalized spacial score (nSPS) is 20.7. The average molecular weight is 274 g/mol. The van der Waals surface area contributed by atoms with Crippen molar-refractivity contribution in [1.29, 1.82) is 0 Å². The predicted octanol–water partition coefficient (Wildman–Crippen LogP) is 4.68. The highest BCUT2D eigenvalue weighted by molar-refractivity contribution is 9.10. The SMILES string of the molecule is Cc1cc(Br)c(C)c2c1CCCC2Cl. The maximum absolute atomic E-state index is 6.38. The molecule has 0 bridgehead atoms. The molecule has 76 valence electrons. The number of hydrogen-bond acceptors (Lipinski definition) is 0. The van der Waals surface area contributed by atoms with Gasteiger partial charge in [0.05, 0.1) is 5.38 Å². The minimum absolute atomic E-state index is 0.218. The summed E-state index contributed by atoms with van der Waals surface area (Å²) in [6.07, 6.45) is 3.53. The lowest BCUT2D eigenvalue weighted by Gasteiger charge is -2.25. The molecule has 0 aliphatic heterocycles. The summed E-state index contributed by atoms with van der Waals surface area (Å²) < 4.78 is 1.20. The van der Waals surface area contributed by atoms with Crippen LogP contribution in [0.4, 0.5) is 0 Å². The lowest BCUT2D eigenvalue weighted by Crippen LogP contribution is -2.09. The van der Waals surface area contributed by atoms with Crippen LogP contribution in [-0.2, 0) is 6.42 Å². The molecule has 0 radical (unpaired) electrons. The van der Waals surface area contributed by atoms with Crippen molar-refractivity contribution in [2.75, 3.05) is 0 Å². The molecule has 14 heavy (non-hydrogen) atoms. The number of fused-ring (bicyclic) bond motifs is 1. The van der Waals surface area contributed by atoms with Gasteiger partial charge in [0.2, 0.25) is 0 Å². The van der Waals surface area contributed by atoms with Gasteiger partial charge in [0.1, 0.15) is 0 Å². The molecule has 0 aromatic heterocycles. The first-order chi connectivity index (χ1) is 6.61. The van der Waals surface area contributed by atoms with Crippen LogP contribution in [0.15, 0.2) is 10.5 Å². The van der Waals surface area contributed by atoms with Crippen molar-refractivity contribution in [2.24, 2.45) is 0 Å². The number of alkyl halides is 1. The van der Waals surface area contributed by atoms with Crippen molar-refractivity contribution in [2.45, 2.75) is 38.5 Å². The molecule has 1 aliphatic rings. The zero-order chi connectivity index (χ0) is 10.3. The molecule has 0 spiro atoms. The summed E-state index contributed by atoms with van der Waals surface area (Å²) in [7, 11) is 0. The van der Waals surface area contributed by atoms with Gasteiger partial charge >= 0.3 is 0 Å². The van der Waals surface area contributed by atoms with E-state index in [0.29, 0.717) is 0 Å². The first kappa shape index (κ1) is 10.5. The van der Waals surface area contributed by atoms with Gasteiger partial charge in [-0.05, 0) is 61.4 Å². The Labute approximate surface area is 98.8 Å². The summed E-state index contributed by atoms with van der Waals surface area (Å²) in [5.41, 5.74) is 5.56. The van der Waals surface area contributed by atoms with Crippen LogP contribution in [0.5, 0.6) is 0 Å². The summed E-state index contributed by atoms with van der Waals surface area (Å²) in [5.74, 6) is 0. The molecule has 0 amide bonds. The highest BCUT2D eigenvalue weighted by atomic mass is 79.9. The van der Waals surface area contributed by atoms with E-state index in [1.165, 1.54) is 39.6 Å². The van der Waals surface area contributed by atoms with Crippen molar-refractivity contribution in [1.82, 2.24) is 0 Å². The molecule has 0 saturated heterocycles. The van der Waals surface area contributed by atoms with Gasteiger partial charge in [-0.2, -0.15) is 0 Å². The van der Waals surface area contributed by atoms with E-state index in [1.54, 1.807) is 0 Å². The number of rotatable bonds is 0. The zero-order valence-electron chi connectivity index (χ0n) is 8.53. The molecular weight excluding hydrogens is 259 g/mol. The third kappa shape index (κ3) is 1.61. The lowest BCUT2D eigenvalue weighted by atomic mass is 9.85. The van der Waals surface area contributed by atoms with Crippen molar-refractivity contribution >= 4 is 27.5 Å². The Kier molecular flexibility index (Phi) is 2.90. The van der Waals surface area contributed by atoms with Crippen molar-refractivity contribution in [3.05, 3.63) is 32.8 Å². The van der Waals surface area contributed by atoms with Crippen molar-refractivity contribution in [3.8, 4) is 0 Å². The van der Waals surface area contributed by atoms with E-state index in [4.69, 9.17) is 11.6 Å². The van der Waals surface area contributed by atoms with E-state index in [9.17, 15) is 0 Å². The Balaban J connectivity index is 2.67. The minimum atomic E-state index is 0.218. The van der Waals surface area contributed by atoms with Crippen LogP contribution >= 0.6 is 27.5 Å².